The van der Waals surface area contributed by atoms with E-state index in [9.17, 15) is 4.79 Å². The number of hydrogen-bond donors (Lipinski definition) is 1. The lowest BCUT2D eigenvalue weighted by Crippen LogP contribution is -2.26. The van der Waals surface area contributed by atoms with Gasteiger partial charge >= 0.3 is 0 Å². The average Bonchev–Trinajstić information content (AvgIpc) is 3.47. The molecule has 3 aromatic rings. The third kappa shape index (κ3) is 5.11. The van der Waals surface area contributed by atoms with E-state index in [1.54, 1.807) is 23.3 Å². The van der Waals surface area contributed by atoms with E-state index >= 15 is 0 Å². The Labute approximate surface area is 176 Å². The molecule has 1 fully saturated rings. The average molecular weight is 406 g/mol. The van der Waals surface area contributed by atoms with Gasteiger partial charge in [0, 0.05) is 43.9 Å². The third-order valence-corrected chi connectivity index (χ3v) is 4.99. The first-order valence-electron chi connectivity index (χ1n) is 10.3. The van der Waals surface area contributed by atoms with E-state index in [2.05, 4.69) is 15.4 Å². The highest BCUT2D eigenvalue weighted by Crippen LogP contribution is 2.23. The molecule has 1 unspecified atom stereocenters. The summed E-state index contributed by atoms with van der Waals surface area (Å²) < 4.78 is 12.9. The molecule has 1 N–H and O–H groups in total. The van der Waals surface area contributed by atoms with Gasteiger partial charge in [-0.15, -0.1) is 0 Å². The molecule has 0 spiro atoms. The molecule has 30 heavy (non-hydrogen) atoms. The predicted octanol–water partition coefficient (Wildman–Crippen LogP) is 3.25. The van der Waals surface area contributed by atoms with Crippen molar-refractivity contribution in [1.82, 2.24) is 20.1 Å². The molecule has 1 atom stereocenters. The Morgan fingerprint density at radius 1 is 1.23 bits per heavy atom. The van der Waals surface area contributed by atoms with Crippen LogP contribution in [0.4, 0.5) is 0 Å². The van der Waals surface area contributed by atoms with Crippen LogP contribution in [-0.2, 0) is 9.47 Å². The zero-order valence-corrected chi connectivity index (χ0v) is 16.9. The Morgan fingerprint density at radius 2 is 2.13 bits per heavy atom. The van der Waals surface area contributed by atoms with Crippen LogP contribution in [0, 0.1) is 0 Å². The maximum Gasteiger partial charge on any atom is 0.255 e. The normalized spacial score (nSPS) is 15.9. The van der Waals surface area contributed by atoms with Gasteiger partial charge in [0.15, 0.2) is 0 Å². The van der Waals surface area contributed by atoms with Crippen molar-refractivity contribution in [3.8, 4) is 16.9 Å². The number of hydrogen-bond acceptors (Lipinski definition) is 5. The molecule has 0 bridgehead atoms. The van der Waals surface area contributed by atoms with Gasteiger partial charge < -0.3 is 14.8 Å². The monoisotopic (exact) mass is 406 g/mol. The van der Waals surface area contributed by atoms with Gasteiger partial charge in [-0.2, -0.15) is 5.10 Å². The molecule has 0 radical (unpaired) electrons. The summed E-state index contributed by atoms with van der Waals surface area (Å²) in [4.78, 5) is 17.0. The smallest absolute Gasteiger partial charge is 0.255 e. The van der Waals surface area contributed by atoms with Crippen LogP contribution in [0.15, 0.2) is 61.1 Å². The van der Waals surface area contributed by atoms with E-state index < -0.39 is 0 Å². The molecule has 1 aliphatic rings. The largest absolute Gasteiger partial charge is 0.379 e. The van der Waals surface area contributed by atoms with Crippen molar-refractivity contribution in [2.45, 2.75) is 25.4 Å². The molecule has 0 saturated carbocycles. The molecule has 156 valence electrons. The fraction of sp³-hybridized carbons (Fsp3) is 0.348. The van der Waals surface area contributed by atoms with Crippen LogP contribution < -0.4 is 5.32 Å². The Bertz CT molecular complexity index is 938. The number of amides is 1. The molecule has 2 aromatic heterocycles. The number of pyridine rings is 1. The lowest BCUT2D eigenvalue weighted by Gasteiger charge is -2.10. The predicted molar refractivity (Wildman–Crippen MR) is 114 cm³/mol. The summed E-state index contributed by atoms with van der Waals surface area (Å²) in [7, 11) is 0. The number of ether oxygens (including phenoxy) is 2. The third-order valence-electron chi connectivity index (χ3n) is 4.99. The Hall–Kier alpha value is -3.03. The van der Waals surface area contributed by atoms with Crippen molar-refractivity contribution in [1.29, 1.82) is 0 Å². The maximum absolute atomic E-state index is 12.9. The number of para-hydroxylation sites is 1. The highest BCUT2D eigenvalue weighted by molar-refractivity contribution is 5.99. The van der Waals surface area contributed by atoms with Gasteiger partial charge in [-0.3, -0.25) is 9.78 Å². The van der Waals surface area contributed by atoms with Gasteiger partial charge in [0.05, 0.1) is 24.0 Å². The molecular weight excluding hydrogens is 380 g/mol. The summed E-state index contributed by atoms with van der Waals surface area (Å²) in [6.07, 6.45) is 8.33. The topological polar surface area (TPSA) is 78.3 Å². The minimum atomic E-state index is -0.157. The first kappa shape index (κ1) is 20.3. The van der Waals surface area contributed by atoms with Crippen molar-refractivity contribution in [2.75, 3.05) is 26.4 Å². The summed E-state index contributed by atoms with van der Waals surface area (Å²) >= 11 is 0. The van der Waals surface area contributed by atoms with Gasteiger partial charge in [-0.25, -0.2) is 4.68 Å². The number of aromatic nitrogens is 3. The molecule has 3 heterocycles. The molecule has 1 aromatic carbocycles. The van der Waals surface area contributed by atoms with E-state index in [0.29, 0.717) is 31.0 Å². The summed E-state index contributed by atoms with van der Waals surface area (Å²) in [5, 5.41) is 7.63. The standard InChI is InChI=1S/C23H26N4O3/c28-23(25-12-6-13-29-17-20-10-5-14-30-20)21-16-27(19-8-2-1-3-9-19)26-22(21)18-7-4-11-24-15-18/h1-4,7-9,11,15-16,20H,5-6,10,12-14,17H2,(H,25,28). The van der Waals surface area contributed by atoms with Crippen molar-refractivity contribution in [3.05, 3.63) is 66.6 Å². The van der Waals surface area contributed by atoms with Gasteiger partial charge in [0.1, 0.15) is 5.69 Å². The SMILES string of the molecule is O=C(NCCCOCC1CCCO1)c1cn(-c2ccccc2)nc1-c1cccnc1. The van der Waals surface area contributed by atoms with Crippen LogP contribution in [0.1, 0.15) is 29.6 Å². The summed E-state index contributed by atoms with van der Waals surface area (Å²) in [6, 6.07) is 13.5. The number of nitrogens with zero attached hydrogens (tertiary/aromatic N) is 3. The van der Waals surface area contributed by atoms with Crippen LogP contribution in [0.25, 0.3) is 16.9 Å². The summed E-state index contributed by atoms with van der Waals surface area (Å²) in [6.45, 7) is 2.59. The summed E-state index contributed by atoms with van der Waals surface area (Å²) in [5.41, 5.74) is 2.83. The zero-order valence-electron chi connectivity index (χ0n) is 16.9. The van der Waals surface area contributed by atoms with Crippen molar-refractivity contribution >= 4 is 5.91 Å². The van der Waals surface area contributed by atoms with Crippen LogP contribution in [0.2, 0.25) is 0 Å². The molecule has 1 aliphatic heterocycles. The highest BCUT2D eigenvalue weighted by Gasteiger charge is 2.19. The van der Waals surface area contributed by atoms with Crippen LogP contribution in [0.3, 0.4) is 0 Å². The first-order chi connectivity index (χ1) is 14.8. The minimum Gasteiger partial charge on any atom is -0.379 e. The molecule has 1 amide bonds. The number of nitrogens with one attached hydrogen (secondary N) is 1. The number of carbonyl (C=O) groups excluding carboxylic acids is 1. The Kier molecular flexibility index (Phi) is 6.84. The Balaban J connectivity index is 1.39. The zero-order chi connectivity index (χ0) is 20.6. The molecule has 7 nitrogen and oxygen atoms in total. The van der Waals surface area contributed by atoms with E-state index in [-0.39, 0.29) is 12.0 Å². The first-order valence-corrected chi connectivity index (χ1v) is 10.3. The quantitative estimate of drug-likeness (QED) is 0.552. The van der Waals surface area contributed by atoms with Gasteiger partial charge in [0.2, 0.25) is 0 Å². The van der Waals surface area contributed by atoms with E-state index in [4.69, 9.17) is 9.47 Å². The lowest BCUT2D eigenvalue weighted by atomic mass is 10.1. The number of carbonyl (C=O) groups is 1. The Morgan fingerprint density at radius 3 is 2.90 bits per heavy atom. The highest BCUT2D eigenvalue weighted by atomic mass is 16.5. The van der Waals surface area contributed by atoms with Crippen molar-refractivity contribution in [3.63, 3.8) is 0 Å². The number of rotatable bonds is 9. The van der Waals surface area contributed by atoms with E-state index in [1.165, 1.54) is 0 Å². The molecular formula is C23H26N4O3. The maximum atomic E-state index is 12.9. The molecule has 0 aliphatic carbocycles. The second-order valence-corrected chi connectivity index (χ2v) is 7.23. The van der Waals surface area contributed by atoms with E-state index in [0.717, 1.165) is 37.1 Å². The van der Waals surface area contributed by atoms with Crippen molar-refractivity contribution in [2.24, 2.45) is 0 Å². The molecule has 1 saturated heterocycles. The van der Waals surface area contributed by atoms with Crippen LogP contribution in [-0.4, -0.2) is 53.1 Å². The minimum absolute atomic E-state index is 0.157. The van der Waals surface area contributed by atoms with E-state index in [1.807, 2.05) is 42.5 Å². The second kappa shape index (κ2) is 10.1. The van der Waals surface area contributed by atoms with Crippen LogP contribution in [0.5, 0.6) is 0 Å². The van der Waals surface area contributed by atoms with Crippen LogP contribution >= 0.6 is 0 Å². The van der Waals surface area contributed by atoms with Gasteiger partial charge in [0.25, 0.3) is 5.91 Å². The van der Waals surface area contributed by atoms with Crippen molar-refractivity contribution < 1.29 is 14.3 Å². The fourth-order valence-corrected chi connectivity index (χ4v) is 3.43. The van der Waals surface area contributed by atoms with Gasteiger partial charge in [-0.05, 0) is 43.5 Å². The van der Waals surface area contributed by atoms with Gasteiger partial charge in [-0.1, -0.05) is 18.2 Å². The fourth-order valence-electron chi connectivity index (χ4n) is 3.43. The number of benzene rings is 1. The second-order valence-electron chi connectivity index (χ2n) is 7.23. The summed E-state index contributed by atoms with van der Waals surface area (Å²) in [5.74, 6) is -0.157. The molecule has 7 heteroatoms. The molecule has 4 rings (SSSR count). The lowest BCUT2D eigenvalue weighted by molar-refractivity contribution is 0.0166.